The molecule has 2 aromatic carbocycles. The molecular weight excluding hydrogens is 364 g/mol. The van der Waals surface area contributed by atoms with Crippen LogP contribution in [-0.2, 0) is 5.41 Å². The molecule has 9 rings (SSSR count). The molecule has 0 spiro atoms. The monoisotopic (exact) mass is 390 g/mol. The molecule has 0 aliphatic heterocycles. The summed E-state index contributed by atoms with van der Waals surface area (Å²) in [5.74, 6) is 5.81. The second-order valence-electron chi connectivity index (χ2n) is 10.8. The van der Waals surface area contributed by atoms with Gasteiger partial charge in [-0.25, -0.2) is 0 Å². The van der Waals surface area contributed by atoms with E-state index in [0.29, 0.717) is 59.0 Å². The van der Waals surface area contributed by atoms with Crippen molar-refractivity contribution in [2.75, 3.05) is 0 Å². The van der Waals surface area contributed by atoms with Crippen molar-refractivity contribution < 1.29 is 4.79 Å². The van der Waals surface area contributed by atoms with Crippen molar-refractivity contribution in [3.63, 3.8) is 0 Å². The van der Waals surface area contributed by atoms with Gasteiger partial charge in [-0.05, 0) is 77.2 Å². The predicted molar refractivity (Wildman–Crippen MR) is 117 cm³/mol. The molecule has 8 atom stereocenters. The number of rotatable bonds is 2. The van der Waals surface area contributed by atoms with Crippen molar-refractivity contribution in [3.8, 4) is 0 Å². The molecule has 0 heterocycles. The smallest absolute Gasteiger partial charge is 0.174 e. The second-order valence-corrected chi connectivity index (χ2v) is 10.8. The number of carbonyl (C=O) groups excluding carboxylic acids is 1. The lowest BCUT2D eigenvalue weighted by molar-refractivity contribution is -0.0327. The van der Waals surface area contributed by atoms with E-state index < -0.39 is 0 Å². The Balaban J connectivity index is 1.48. The molecule has 0 radical (unpaired) electrons. The fraction of sp³-hybridized carbons (Fsp3) is 0.414. The summed E-state index contributed by atoms with van der Waals surface area (Å²) < 4.78 is 0. The highest BCUT2D eigenvalue weighted by Crippen LogP contribution is 2.77. The maximum Gasteiger partial charge on any atom is 0.174 e. The summed E-state index contributed by atoms with van der Waals surface area (Å²) >= 11 is 0. The van der Waals surface area contributed by atoms with Gasteiger partial charge >= 0.3 is 0 Å². The van der Waals surface area contributed by atoms with Crippen molar-refractivity contribution in [3.05, 3.63) is 95.6 Å². The van der Waals surface area contributed by atoms with Gasteiger partial charge in [-0.2, -0.15) is 0 Å². The van der Waals surface area contributed by atoms with E-state index in [0.717, 1.165) is 5.56 Å². The fourth-order valence-corrected chi connectivity index (χ4v) is 9.65. The first kappa shape index (κ1) is 16.3. The van der Waals surface area contributed by atoms with Crippen LogP contribution in [0.1, 0.15) is 40.2 Å². The Hall–Kier alpha value is -2.41. The Morgan fingerprint density at radius 2 is 1.27 bits per heavy atom. The molecule has 148 valence electrons. The number of benzene rings is 2. The molecule has 3 saturated carbocycles. The Morgan fingerprint density at radius 3 is 1.93 bits per heavy atom. The third-order valence-electron chi connectivity index (χ3n) is 10.1. The van der Waals surface area contributed by atoms with E-state index >= 15 is 0 Å². The number of hydrogen-bond acceptors (Lipinski definition) is 1. The van der Waals surface area contributed by atoms with E-state index in [1.807, 2.05) is 18.2 Å². The molecule has 6 bridgehead atoms. The quantitative estimate of drug-likeness (QED) is 0.468. The lowest BCUT2D eigenvalue weighted by atomic mass is 9.37. The van der Waals surface area contributed by atoms with E-state index in [1.165, 1.54) is 24.0 Å². The molecule has 1 heteroatoms. The number of Topliss-reactive ketones (excluding diaryl/α,β-unsaturated/α-hetero) is 1. The zero-order chi connectivity index (χ0) is 19.6. The van der Waals surface area contributed by atoms with Crippen LogP contribution in [0.25, 0.3) is 0 Å². The van der Waals surface area contributed by atoms with Gasteiger partial charge in [0.1, 0.15) is 0 Å². The van der Waals surface area contributed by atoms with Crippen LogP contribution in [0.5, 0.6) is 0 Å². The summed E-state index contributed by atoms with van der Waals surface area (Å²) in [6, 6.07) is 19.4. The third-order valence-corrected chi connectivity index (χ3v) is 10.1. The zero-order valence-corrected chi connectivity index (χ0v) is 17.0. The normalized spacial score (nSPS) is 47.4. The van der Waals surface area contributed by atoms with Crippen LogP contribution in [0.4, 0.5) is 0 Å². The summed E-state index contributed by atoms with van der Waals surface area (Å²) in [5.41, 5.74) is 3.49. The van der Waals surface area contributed by atoms with E-state index in [1.54, 1.807) is 0 Å². The van der Waals surface area contributed by atoms with Crippen LogP contribution in [0.2, 0.25) is 0 Å². The Kier molecular flexibility index (Phi) is 2.85. The van der Waals surface area contributed by atoms with E-state index in [4.69, 9.17) is 0 Å². The summed E-state index contributed by atoms with van der Waals surface area (Å²) in [6.45, 7) is 0. The van der Waals surface area contributed by atoms with Crippen molar-refractivity contribution in [1.82, 2.24) is 0 Å². The predicted octanol–water partition coefficient (Wildman–Crippen LogP) is 5.79. The van der Waals surface area contributed by atoms with Crippen LogP contribution >= 0.6 is 0 Å². The topological polar surface area (TPSA) is 17.1 Å². The Morgan fingerprint density at radius 1 is 0.700 bits per heavy atom. The van der Waals surface area contributed by atoms with Crippen molar-refractivity contribution in [2.24, 2.45) is 47.3 Å². The van der Waals surface area contributed by atoms with Crippen LogP contribution in [-0.4, -0.2) is 5.78 Å². The summed E-state index contributed by atoms with van der Waals surface area (Å²) in [4.78, 5) is 14.7. The number of ketones is 1. The standard InChI is InChI=1S/C29H26O/c30-28(16-6-2-1-3-7-16)29-22-9-5-4-8-21(22)25(23-17-10-12-19(14-17)26(23)29)24-18-11-13-20(15-18)27(24)29/h1-13,17-20,23-27H,14-15H2. The highest BCUT2D eigenvalue weighted by Gasteiger charge is 2.75. The molecule has 7 aliphatic rings. The highest BCUT2D eigenvalue weighted by atomic mass is 16.1. The molecule has 8 unspecified atom stereocenters. The lowest BCUT2D eigenvalue weighted by Gasteiger charge is -2.64. The molecule has 7 aliphatic carbocycles. The minimum atomic E-state index is -0.351. The van der Waals surface area contributed by atoms with Gasteiger partial charge in [-0.15, -0.1) is 0 Å². The minimum Gasteiger partial charge on any atom is -0.293 e. The van der Waals surface area contributed by atoms with E-state index in [2.05, 4.69) is 60.7 Å². The van der Waals surface area contributed by atoms with Gasteiger partial charge in [0.25, 0.3) is 0 Å². The molecule has 0 saturated heterocycles. The lowest BCUT2D eigenvalue weighted by Crippen LogP contribution is -2.65. The van der Waals surface area contributed by atoms with Gasteiger partial charge in [0, 0.05) is 5.56 Å². The second kappa shape index (κ2) is 5.25. The van der Waals surface area contributed by atoms with E-state index in [-0.39, 0.29) is 5.41 Å². The van der Waals surface area contributed by atoms with Gasteiger partial charge in [-0.3, -0.25) is 4.79 Å². The number of carbonyl (C=O) groups is 1. The Labute approximate surface area is 177 Å². The summed E-state index contributed by atoms with van der Waals surface area (Å²) in [7, 11) is 0. The van der Waals surface area contributed by atoms with Crippen LogP contribution in [0, 0.1) is 47.3 Å². The molecule has 30 heavy (non-hydrogen) atoms. The van der Waals surface area contributed by atoms with Gasteiger partial charge in [0.15, 0.2) is 5.78 Å². The Bertz CT molecular complexity index is 1100. The third kappa shape index (κ3) is 1.59. The van der Waals surface area contributed by atoms with E-state index in [9.17, 15) is 4.79 Å². The van der Waals surface area contributed by atoms with Gasteiger partial charge in [-0.1, -0.05) is 78.9 Å². The average Bonchev–Trinajstić information content (AvgIpc) is 3.60. The molecular formula is C29H26O. The molecule has 1 nitrogen and oxygen atoms in total. The van der Waals surface area contributed by atoms with Crippen molar-refractivity contribution in [2.45, 2.75) is 24.2 Å². The van der Waals surface area contributed by atoms with Crippen molar-refractivity contribution in [1.29, 1.82) is 0 Å². The molecule has 3 fully saturated rings. The molecule has 0 aromatic heterocycles. The number of hydrogen-bond donors (Lipinski definition) is 0. The number of allylic oxidation sites excluding steroid dienone is 4. The maximum absolute atomic E-state index is 14.7. The van der Waals surface area contributed by atoms with Gasteiger partial charge < -0.3 is 0 Å². The van der Waals surface area contributed by atoms with Crippen LogP contribution < -0.4 is 0 Å². The average molecular weight is 391 g/mol. The maximum atomic E-state index is 14.7. The van der Waals surface area contributed by atoms with Crippen LogP contribution in [0.3, 0.4) is 0 Å². The number of fused-ring (bicyclic) bond motifs is 4. The largest absolute Gasteiger partial charge is 0.293 e. The molecule has 0 N–H and O–H groups in total. The first-order valence-electron chi connectivity index (χ1n) is 11.9. The molecule has 0 amide bonds. The highest BCUT2D eigenvalue weighted by molar-refractivity contribution is 6.06. The fourth-order valence-electron chi connectivity index (χ4n) is 9.65. The summed E-state index contributed by atoms with van der Waals surface area (Å²) in [5, 5.41) is 0. The zero-order valence-electron chi connectivity index (χ0n) is 17.0. The van der Waals surface area contributed by atoms with Gasteiger partial charge in [0.2, 0.25) is 0 Å². The van der Waals surface area contributed by atoms with Gasteiger partial charge in [0.05, 0.1) is 5.41 Å². The first-order valence-corrected chi connectivity index (χ1v) is 11.9. The van der Waals surface area contributed by atoms with Crippen molar-refractivity contribution >= 4 is 5.78 Å². The summed E-state index contributed by atoms with van der Waals surface area (Å²) in [6.07, 6.45) is 12.5. The molecule has 2 aromatic rings. The SMILES string of the molecule is O=C(c1ccccc1)C12c3ccccc3C(C3C4C=CC(C4)C31)C1C3C=CC(C3)C12. The first-order chi connectivity index (χ1) is 14.8. The minimum absolute atomic E-state index is 0.351. The van der Waals surface area contributed by atoms with Crippen LogP contribution in [0.15, 0.2) is 78.9 Å².